The molecule has 10 heteroatoms. The van der Waals surface area contributed by atoms with Gasteiger partial charge in [0.2, 0.25) is 0 Å². The number of hydrogen-bond acceptors (Lipinski definition) is 4. The van der Waals surface area contributed by atoms with Crippen LogP contribution in [0.1, 0.15) is 10.4 Å². The van der Waals surface area contributed by atoms with Crippen molar-refractivity contribution in [2.24, 2.45) is 0 Å². The lowest BCUT2D eigenvalue weighted by Gasteiger charge is -2.13. The SMILES string of the molecule is O=C(NNC(=S)Nc1cc(Cl)ccc1Cl)c1ccccc1[N+](=O)[O-]. The average Bonchev–Trinajstić information content (AvgIpc) is 2.56. The molecule has 0 aliphatic heterocycles. The Morgan fingerprint density at radius 1 is 1.12 bits per heavy atom. The minimum atomic E-state index is -0.705. The number of para-hydroxylation sites is 1. The standard InChI is InChI=1S/C14H10Cl2N4O3S/c15-8-5-6-10(16)11(7-8)17-14(24)19-18-13(21)9-3-1-2-4-12(9)20(22)23/h1-7H,(H,18,21)(H2,17,19,24). The monoisotopic (exact) mass is 384 g/mol. The van der Waals surface area contributed by atoms with Gasteiger partial charge in [-0.3, -0.25) is 25.8 Å². The highest BCUT2D eigenvalue weighted by Gasteiger charge is 2.19. The van der Waals surface area contributed by atoms with Crippen molar-refractivity contribution in [2.75, 3.05) is 5.32 Å². The lowest BCUT2D eigenvalue weighted by atomic mass is 10.2. The van der Waals surface area contributed by atoms with Crippen LogP contribution in [0.15, 0.2) is 42.5 Å². The number of carbonyl (C=O) groups excluding carboxylic acids is 1. The summed E-state index contributed by atoms with van der Waals surface area (Å²) in [6.45, 7) is 0. The fourth-order valence-corrected chi connectivity index (χ4v) is 2.25. The summed E-state index contributed by atoms with van der Waals surface area (Å²) < 4.78 is 0. The number of hydrazine groups is 1. The van der Waals surface area contributed by atoms with E-state index in [1.807, 2.05) is 0 Å². The van der Waals surface area contributed by atoms with Gasteiger partial charge >= 0.3 is 0 Å². The van der Waals surface area contributed by atoms with E-state index in [-0.39, 0.29) is 16.4 Å². The molecule has 0 saturated heterocycles. The molecule has 0 heterocycles. The molecule has 0 radical (unpaired) electrons. The van der Waals surface area contributed by atoms with Gasteiger partial charge in [0.25, 0.3) is 11.6 Å². The molecule has 0 aliphatic rings. The summed E-state index contributed by atoms with van der Waals surface area (Å²) in [6, 6.07) is 10.3. The van der Waals surface area contributed by atoms with Crippen LogP contribution in [0.5, 0.6) is 0 Å². The highest BCUT2D eigenvalue weighted by molar-refractivity contribution is 7.80. The van der Waals surface area contributed by atoms with Crippen molar-refractivity contribution in [1.29, 1.82) is 0 Å². The third-order valence-electron chi connectivity index (χ3n) is 2.81. The molecule has 2 aromatic carbocycles. The summed E-state index contributed by atoms with van der Waals surface area (Å²) in [5.74, 6) is -0.705. The second-order valence-electron chi connectivity index (χ2n) is 4.43. The van der Waals surface area contributed by atoms with E-state index in [1.54, 1.807) is 18.2 Å². The maximum atomic E-state index is 12.0. The summed E-state index contributed by atoms with van der Waals surface area (Å²) in [7, 11) is 0. The van der Waals surface area contributed by atoms with Crippen molar-refractivity contribution in [2.45, 2.75) is 0 Å². The molecule has 2 rings (SSSR count). The fourth-order valence-electron chi connectivity index (χ4n) is 1.75. The Balaban J connectivity index is 2.00. The van der Waals surface area contributed by atoms with Gasteiger partial charge in [-0.2, -0.15) is 0 Å². The van der Waals surface area contributed by atoms with Crippen LogP contribution in [0.3, 0.4) is 0 Å². The minimum absolute atomic E-state index is 0.0334. The van der Waals surface area contributed by atoms with E-state index in [4.69, 9.17) is 35.4 Å². The zero-order valence-electron chi connectivity index (χ0n) is 11.9. The average molecular weight is 385 g/mol. The van der Waals surface area contributed by atoms with Crippen LogP contribution in [0.25, 0.3) is 0 Å². The number of carbonyl (C=O) groups is 1. The normalized spacial score (nSPS) is 9.92. The Hall–Kier alpha value is -2.42. The van der Waals surface area contributed by atoms with E-state index in [2.05, 4.69) is 16.2 Å². The van der Waals surface area contributed by atoms with Crippen LogP contribution >= 0.6 is 35.4 Å². The van der Waals surface area contributed by atoms with Crippen molar-refractivity contribution in [1.82, 2.24) is 10.9 Å². The molecule has 0 saturated carbocycles. The summed E-state index contributed by atoms with van der Waals surface area (Å²) in [4.78, 5) is 22.3. The molecule has 3 N–H and O–H groups in total. The van der Waals surface area contributed by atoms with Crippen LogP contribution < -0.4 is 16.2 Å². The topological polar surface area (TPSA) is 96.3 Å². The molecule has 124 valence electrons. The first-order chi connectivity index (χ1) is 11.4. The van der Waals surface area contributed by atoms with Gasteiger partial charge < -0.3 is 5.32 Å². The number of hydrogen-bond donors (Lipinski definition) is 3. The number of thiocarbonyl (C=S) groups is 1. The van der Waals surface area contributed by atoms with Gasteiger partial charge in [0, 0.05) is 11.1 Å². The molecule has 0 atom stereocenters. The molecule has 7 nitrogen and oxygen atoms in total. The first kappa shape index (κ1) is 17.9. The van der Waals surface area contributed by atoms with E-state index in [0.29, 0.717) is 15.7 Å². The van der Waals surface area contributed by atoms with Gasteiger partial charge in [-0.25, -0.2) is 0 Å². The number of rotatable bonds is 3. The molecule has 2 aromatic rings. The summed E-state index contributed by atoms with van der Waals surface area (Å²) >= 11 is 16.9. The Kier molecular flexibility index (Phi) is 5.91. The third kappa shape index (κ3) is 4.54. The highest BCUT2D eigenvalue weighted by Crippen LogP contribution is 2.25. The van der Waals surface area contributed by atoms with Gasteiger partial charge in [0.15, 0.2) is 5.11 Å². The largest absolute Gasteiger partial charge is 0.330 e. The van der Waals surface area contributed by atoms with E-state index >= 15 is 0 Å². The molecule has 1 amide bonds. The maximum absolute atomic E-state index is 12.0. The smallest absolute Gasteiger partial charge is 0.282 e. The van der Waals surface area contributed by atoms with E-state index in [0.717, 1.165) is 0 Å². The zero-order chi connectivity index (χ0) is 17.7. The zero-order valence-corrected chi connectivity index (χ0v) is 14.2. The van der Waals surface area contributed by atoms with E-state index in [9.17, 15) is 14.9 Å². The third-order valence-corrected chi connectivity index (χ3v) is 3.58. The fraction of sp³-hybridized carbons (Fsp3) is 0. The second-order valence-corrected chi connectivity index (χ2v) is 5.68. The van der Waals surface area contributed by atoms with Crippen LogP contribution in [0.4, 0.5) is 11.4 Å². The minimum Gasteiger partial charge on any atom is -0.330 e. The van der Waals surface area contributed by atoms with Gasteiger partial charge in [0.1, 0.15) is 5.56 Å². The summed E-state index contributed by atoms with van der Waals surface area (Å²) in [5.41, 5.74) is 4.75. The molecule has 0 spiro atoms. The van der Waals surface area contributed by atoms with E-state index in [1.165, 1.54) is 24.3 Å². The Morgan fingerprint density at radius 3 is 2.54 bits per heavy atom. The first-order valence-electron chi connectivity index (χ1n) is 6.44. The van der Waals surface area contributed by atoms with Crippen molar-refractivity contribution in [3.63, 3.8) is 0 Å². The van der Waals surface area contributed by atoms with Crippen molar-refractivity contribution < 1.29 is 9.72 Å². The molecule has 0 fully saturated rings. The summed E-state index contributed by atoms with van der Waals surface area (Å²) in [5, 5.41) is 14.5. The molecular formula is C14H10Cl2N4O3S. The van der Waals surface area contributed by atoms with Crippen LogP contribution in [-0.4, -0.2) is 15.9 Å². The number of nitro groups is 1. The van der Waals surface area contributed by atoms with Crippen LogP contribution in [0.2, 0.25) is 10.0 Å². The molecular weight excluding hydrogens is 375 g/mol. The van der Waals surface area contributed by atoms with Crippen LogP contribution in [0, 0.1) is 10.1 Å². The number of halogens is 2. The highest BCUT2D eigenvalue weighted by atomic mass is 35.5. The Bertz CT molecular complexity index is 816. The predicted molar refractivity (Wildman–Crippen MR) is 96.4 cm³/mol. The number of nitrogens with zero attached hydrogens (tertiary/aromatic N) is 1. The number of anilines is 1. The van der Waals surface area contributed by atoms with Crippen molar-refractivity contribution in [3.05, 3.63) is 68.2 Å². The Labute approximate surface area is 152 Å². The molecule has 24 heavy (non-hydrogen) atoms. The quantitative estimate of drug-likeness (QED) is 0.425. The van der Waals surface area contributed by atoms with Gasteiger partial charge in [0.05, 0.1) is 15.6 Å². The van der Waals surface area contributed by atoms with Crippen LogP contribution in [-0.2, 0) is 0 Å². The maximum Gasteiger partial charge on any atom is 0.282 e. The number of benzene rings is 2. The van der Waals surface area contributed by atoms with Crippen molar-refractivity contribution >= 4 is 57.8 Å². The first-order valence-corrected chi connectivity index (χ1v) is 7.60. The lowest BCUT2D eigenvalue weighted by molar-refractivity contribution is -0.385. The summed E-state index contributed by atoms with van der Waals surface area (Å²) in [6.07, 6.45) is 0. The van der Waals surface area contributed by atoms with Crippen molar-refractivity contribution in [3.8, 4) is 0 Å². The lowest BCUT2D eigenvalue weighted by Crippen LogP contribution is -2.43. The molecule has 0 bridgehead atoms. The second kappa shape index (κ2) is 7.91. The number of nitrogens with one attached hydrogen (secondary N) is 3. The number of nitro benzene ring substituents is 1. The molecule has 0 aromatic heterocycles. The predicted octanol–water partition coefficient (Wildman–Crippen LogP) is 3.53. The van der Waals surface area contributed by atoms with Gasteiger partial charge in [-0.05, 0) is 36.5 Å². The molecule has 0 aliphatic carbocycles. The molecule has 0 unspecified atom stereocenters. The number of amides is 1. The van der Waals surface area contributed by atoms with Gasteiger partial charge in [-0.1, -0.05) is 35.3 Å². The van der Waals surface area contributed by atoms with Gasteiger partial charge in [-0.15, -0.1) is 0 Å². The Morgan fingerprint density at radius 2 is 1.83 bits per heavy atom. The van der Waals surface area contributed by atoms with E-state index < -0.39 is 10.8 Å².